The molecule has 1 N–H and O–H groups in total. The number of nitrogens with one attached hydrogen (secondary N) is 1. The number of rotatable bonds is 3. The van der Waals surface area contributed by atoms with Crippen LogP contribution in [-0.4, -0.2) is 53.0 Å². The summed E-state index contributed by atoms with van der Waals surface area (Å²) in [6, 6.07) is 3.81. The summed E-state index contributed by atoms with van der Waals surface area (Å²) < 4.78 is 5.75. The number of carbonyl (C=O) groups excluding carboxylic acids is 1. The van der Waals surface area contributed by atoms with E-state index in [1.807, 2.05) is 0 Å². The van der Waals surface area contributed by atoms with E-state index in [2.05, 4.69) is 41.0 Å². The van der Waals surface area contributed by atoms with Crippen LogP contribution in [0, 0.1) is 0 Å². The van der Waals surface area contributed by atoms with Crippen molar-refractivity contribution in [2.45, 2.75) is 18.9 Å². The van der Waals surface area contributed by atoms with E-state index in [4.69, 9.17) is 4.42 Å². The quantitative estimate of drug-likeness (QED) is 0.865. The highest BCUT2D eigenvalue weighted by Crippen LogP contribution is 2.24. The maximum absolute atomic E-state index is 12.1. The fraction of sp³-hybridized carbons (Fsp3) is 0.438. The van der Waals surface area contributed by atoms with Crippen molar-refractivity contribution in [2.75, 3.05) is 36.4 Å². The largest absolute Gasteiger partial charge is 0.444 e. The molecule has 3 aliphatic heterocycles. The van der Waals surface area contributed by atoms with Crippen molar-refractivity contribution < 1.29 is 9.21 Å². The van der Waals surface area contributed by atoms with E-state index in [1.54, 1.807) is 24.5 Å². The molecule has 3 aliphatic rings. The van der Waals surface area contributed by atoms with E-state index in [9.17, 15) is 4.79 Å². The number of hydrogen-bond acceptors (Lipinski definition) is 6. The molecule has 5 heterocycles. The molecule has 0 aliphatic carbocycles. The van der Waals surface area contributed by atoms with Gasteiger partial charge in [-0.25, -0.2) is 9.97 Å². The Hall–Kier alpha value is -1.93. The van der Waals surface area contributed by atoms with E-state index in [-0.39, 0.29) is 11.7 Å². The third-order valence-corrected chi connectivity index (χ3v) is 5.03. The first-order valence-corrected chi connectivity index (χ1v) is 8.86. The van der Waals surface area contributed by atoms with E-state index in [0.717, 1.165) is 45.0 Å². The van der Waals surface area contributed by atoms with Crippen molar-refractivity contribution in [3.63, 3.8) is 0 Å². The number of aromatic nitrogens is 2. The van der Waals surface area contributed by atoms with Crippen LogP contribution in [-0.2, 0) is 0 Å². The maximum atomic E-state index is 12.1. The zero-order valence-electron chi connectivity index (χ0n) is 13.1. The van der Waals surface area contributed by atoms with Gasteiger partial charge in [0.05, 0.1) is 18.1 Å². The molecule has 8 heteroatoms. The SMILES string of the molecule is O=C(Nc1cnc(N2CCN3CCC2CC3)nc1)c1ccc(Br)o1. The summed E-state index contributed by atoms with van der Waals surface area (Å²) in [5.41, 5.74) is 0.555. The van der Waals surface area contributed by atoms with Crippen LogP contribution >= 0.6 is 15.9 Å². The molecule has 0 radical (unpaired) electrons. The second kappa shape index (κ2) is 6.52. The minimum atomic E-state index is -0.321. The molecular weight excluding hydrogens is 374 g/mol. The van der Waals surface area contributed by atoms with Gasteiger partial charge in [-0.1, -0.05) is 0 Å². The van der Waals surface area contributed by atoms with Gasteiger partial charge in [0, 0.05) is 32.2 Å². The summed E-state index contributed by atoms with van der Waals surface area (Å²) >= 11 is 3.18. The number of hydrogen-bond donors (Lipinski definition) is 1. The third kappa shape index (κ3) is 3.16. The summed E-state index contributed by atoms with van der Waals surface area (Å²) in [5, 5.41) is 2.74. The van der Waals surface area contributed by atoms with Gasteiger partial charge in [-0.3, -0.25) is 4.79 Å². The van der Waals surface area contributed by atoms with Gasteiger partial charge in [0.15, 0.2) is 10.4 Å². The molecule has 1 amide bonds. The lowest BCUT2D eigenvalue weighted by atomic mass is 10.1. The number of piperidine rings is 1. The fourth-order valence-corrected chi connectivity index (χ4v) is 3.62. The molecule has 2 aromatic rings. The van der Waals surface area contributed by atoms with Crippen LogP contribution in [0.1, 0.15) is 23.4 Å². The van der Waals surface area contributed by atoms with Gasteiger partial charge < -0.3 is 19.5 Å². The molecule has 24 heavy (non-hydrogen) atoms. The van der Waals surface area contributed by atoms with Crippen LogP contribution in [0.4, 0.5) is 11.6 Å². The smallest absolute Gasteiger partial charge is 0.291 e. The summed E-state index contributed by atoms with van der Waals surface area (Å²) in [5.74, 6) is 0.658. The fourth-order valence-electron chi connectivity index (χ4n) is 3.31. The molecule has 5 rings (SSSR count). The molecule has 7 nitrogen and oxygen atoms in total. The topological polar surface area (TPSA) is 74.5 Å². The molecule has 2 bridgehead atoms. The second-order valence-corrected chi connectivity index (χ2v) is 6.88. The van der Waals surface area contributed by atoms with Crippen LogP contribution < -0.4 is 10.2 Å². The molecular formula is C16H18BrN5O2. The Kier molecular flexibility index (Phi) is 4.24. The third-order valence-electron chi connectivity index (χ3n) is 4.60. The van der Waals surface area contributed by atoms with Gasteiger partial charge in [0.2, 0.25) is 5.95 Å². The van der Waals surface area contributed by atoms with Crippen molar-refractivity contribution >= 4 is 33.5 Å². The highest BCUT2D eigenvalue weighted by Gasteiger charge is 2.30. The lowest BCUT2D eigenvalue weighted by Gasteiger charge is -2.31. The number of anilines is 2. The summed E-state index contributed by atoms with van der Waals surface area (Å²) in [7, 11) is 0. The summed E-state index contributed by atoms with van der Waals surface area (Å²) in [6.07, 6.45) is 5.62. The molecule has 0 unspecified atom stereocenters. The Balaban J connectivity index is 1.45. The van der Waals surface area contributed by atoms with Crippen molar-refractivity contribution in [3.05, 3.63) is 35.0 Å². The Bertz CT molecular complexity index is 724. The number of carbonyl (C=O) groups is 1. The molecule has 0 aromatic carbocycles. The summed E-state index contributed by atoms with van der Waals surface area (Å²) in [6.45, 7) is 4.34. The van der Waals surface area contributed by atoms with Crippen LogP contribution in [0.2, 0.25) is 0 Å². The first-order chi connectivity index (χ1) is 11.7. The van der Waals surface area contributed by atoms with E-state index < -0.39 is 0 Å². The second-order valence-electron chi connectivity index (χ2n) is 6.10. The van der Waals surface area contributed by atoms with Gasteiger partial charge in [0.1, 0.15) is 0 Å². The van der Waals surface area contributed by atoms with Crippen molar-refractivity contribution in [2.24, 2.45) is 0 Å². The molecule has 3 saturated heterocycles. The van der Waals surface area contributed by atoms with Crippen molar-refractivity contribution in [1.82, 2.24) is 14.9 Å². The molecule has 0 atom stereocenters. The van der Waals surface area contributed by atoms with Gasteiger partial charge in [-0.05, 0) is 40.9 Å². The summed E-state index contributed by atoms with van der Waals surface area (Å²) in [4.78, 5) is 25.8. The van der Waals surface area contributed by atoms with Crippen molar-refractivity contribution in [1.29, 1.82) is 0 Å². The first kappa shape index (κ1) is 15.6. The maximum Gasteiger partial charge on any atom is 0.291 e. The molecule has 0 spiro atoms. The zero-order chi connectivity index (χ0) is 16.5. The average molecular weight is 392 g/mol. The number of amides is 1. The van der Waals surface area contributed by atoms with Gasteiger partial charge in [-0.15, -0.1) is 0 Å². The molecule has 0 saturated carbocycles. The minimum absolute atomic E-state index is 0.240. The standard InChI is InChI=1S/C16H18BrN5O2/c17-14-2-1-13(24-14)15(23)20-11-9-18-16(19-10-11)22-8-7-21-5-3-12(22)4-6-21/h1-2,9-10,12H,3-8H2,(H,20,23). The highest BCUT2D eigenvalue weighted by atomic mass is 79.9. The lowest BCUT2D eigenvalue weighted by molar-refractivity contribution is 0.0995. The number of nitrogens with zero attached hydrogens (tertiary/aromatic N) is 4. The van der Waals surface area contributed by atoms with Crippen molar-refractivity contribution in [3.8, 4) is 0 Å². The predicted octanol–water partition coefficient (Wildman–Crippen LogP) is 2.37. The van der Waals surface area contributed by atoms with Gasteiger partial charge >= 0.3 is 0 Å². The van der Waals surface area contributed by atoms with Crippen LogP contribution in [0.3, 0.4) is 0 Å². The van der Waals surface area contributed by atoms with Crippen LogP contribution in [0.5, 0.6) is 0 Å². The molecule has 2 aromatic heterocycles. The van der Waals surface area contributed by atoms with Gasteiger partial charge in [-0.2, -0.15) is 0 Å². The van der Waals surface area contributed by atoms with E-state index >= 15 is 0 Å². The Labute approximate surface area is 148 Å². The predicted molar refractivity (Wildman–Crippen MR) is 93.2 cm³/mol. The van der Waals surface area contributed by atoms with Gasteiger partial charge in [0.25, 0.3) is 5.91 Å². The monoisotopic (exact) mass is 391 g/mol. The first-order valence-electron chi connectivity index (χ1n) is 8.07. The normalized spacial score (nSPS) is 23.1. The number of furan rings is 1. The Morgan fingerprint density at radius 1 is 1.17 bits per heavy atom. The number of fused-ring (bicyclic) bond motifs is 4. The molecule has 3 fully saturated rings. The van der Waals surface area contributed by atoms with Crippen LogP contribution in [0.25, 0.3) is 0 Å². The Morgan fingerprint density at radius 3 is 2.58 bits per heavy atom. The zero-order valence-corrected chi connectivity index (χ0v) is 14.7. The Morgan fingerprint density at radius 2 is 1.92 bits per heavy atom. The van der Waals surface area contributed by atoms with Crippen LogP contribution in [0.15, 0.2) is 33.6 Å². The lowest BCUT2D eigenvalue weighted by Crippen LogP contribution is -2.38. The molecule has 126 valence electrons. The number of halogens is 1. The van der Waals surface area contributed by atoms with E-state index in [0.29, 0.717) is 16.4 Å². The average Bonchev–Trinajstić information content (AvgIpc) is 2.83. The van der Waals surface area contributed by atoms with E-state index in [1.165, 1.54) is 0 Å². The highest BCUT2D eigenvalue weighted by molar-refractivity contribution is 9.10. The minimum Gasteiger partial charge on any atom is -0.444 e.